The van der Waals surface area contributed by atoms with Gasteiger partial charge in [0, 0.05) is 4.88 Å². The van der Waals surface area contributed by atoms with Crippen LogP contribution in [-0.2, 0) is 4.79 Å². The fraction of sp³-hybridized carbons (Fsp3) is 0.133. The summed E-state index contributed by atoms with van der Waals surface area (Å²) in [5, 5.41) is 11.2. The van der Waals surface area contributed by atoms with E-state index in [0.29, 0.717) is 12.4 Å². The van der Waals surface area contributed by atoms with Crippen molar-refractivity contribution >= 4 is 60.8 Å². The lowest BCUT2D eigenvalue weighted by atomic mass is 10.1. The predicted molar refractivity (Wildman–Crippen MR) is 92.8 cm³/mol. The molecule has 110 valence electrons. The van der Waals surface area contributed by atoms with E-state index in [1.165, 1.54) is 11.3 Å². The van der Waals surface area contributed by atoms with Crippen molar-refractivity contribution in [3.63, 3.8) is 0 Å². The topological polar surface area (TPSA) is 46.5 Å². The van der Waals surface area contributed by atoms with Gasteiger partial charge in [-0.3, -0.25) is 0 Å². The summed E-state index contributed by atoms with van der Waals surface area (Å²) in [4.78, 5) is 12.2. The Hall–Kier alpha value is -1.11. The molecule has 0 aliphatic heterocycles. The molecule has 2 rings (SSSR count). The second kappa shape index (κ2) is 7.24. The minimum absolute atomic E-state index is 0.271. The molecule has 0 amide bonds. The maximum Gasteiger partial charge on any atom is 0.337 e. The van der Waals surface area contributed by atoms with E-state index in [1.54, 1.807) is 12.1 Å². The lowest BCUT2D eigenvalue weighted by Gasteiger charge is -2.10. The van der Waals surface area contributed by atoms with E-state index < -0.39 is 5.97 Å². The Labute approximate surface area is 143 Å². The summed E-state index contributed by atoms with van der Waals surface area (Å²) in [5.74, 6) is -0.235. The third-order valence-corrected chi connectivity index (χ3v) is 4.72. The van der Waals surface area contributed by atoms with Crippen LogP contribution >= 0.6 is 43.2 Å². The Balaban J connectivity index is 2.46. The van der Waals surface area contributed by atoms with Crippen LogP contribution in [0, 0.1) is 0 Å². The molecule has 0 aliphatic carbocycles. The van der Waals surface area contributed by atoms with E-state index in [1.807, 2.05) is 30.5 Å². The maximum absolute atomic E-state index is 11.4. The molecule has 0 aliphatic rings. The first-order chi connectivity index (χ1) is 10.0. The van der Waals surface area contributed by atoms with Crippen LogP contribution in [0.2, 0.25) is 0 Å². The van der Waals surface area contributed by atoms with Gasteiger partial charge in [0.1, 0.15) is 5.75 Å². The highest BCUT2D eigenvalue weighted by molar-refractivity contribution is 9.11. The minimum Gasteiger partial charge on any atom is -0.492 e. The van der Waals surface area contributed by atoms with Crippen molar-refractivity contribution in [2.75, 3.05) is 6.61 Å². The molecular formula is C15H12Br2O3S. The molecule has 0 fully saturated rings. The first-order valence-corrected chi connectivity index (χ1v) is 8.60. The largest absolute Gasteiger partial charge is 0.492 e. The van der Waals surface area contributed by atoms with Gasteiger partial charge in [0.25, 0.3) is 0 Å². The number of halogens is 2. The van der Waals surface area contributed by atoms with Crippen molar-refractivity contribution < 1.29 is 14.6 Å². The zero-order valence-corrected chi connectivity index (χ0v) is 15.1. The number of ether oxygens (including phenoxy) is 1. The molecular weight excluding hydrogens is 420 g/mol. The lowest BCUT2D eigenvalue weighted by molar-refractivity contribution is -0.130. The van der Waals surface area contributed by atoms with Gasteiger partial charge >= 0.3 is 5.97 Å². The summed E-state index contributed by atoms with van der Waals surface area (Å²) < 4.78 is 7.08. The van der Waals surface area contributed by atoms with Gasteiger partial charge in [0.05, 0.1) is 21.1 Å². The summed E-state index contributed by atoms with van der Waals surface area (Å²) >= 11 is 8.29. The SMILES string of the molecule is CCOc1c(Br)cc(/C=C(\C(=O)O)c2cccs2)cc1Br. The van der Waals surface area contributed by atoms with Crippen molar-refractivity contribution in [2.24, 2.45) is 0 Å². The maximum atomic E-state index is 11.4. The molecule has 1 aromatic carbocycles. The Morgan fingerprint density at radius 2 is 2.05 bits per heavy atom. The molecule has 6 heteroatoms. The first kappa shape index (κ1) is 16.3. The normalized spacial score (nSPS) is 11.5. The van der Waals surface area contributed by atoms with Crippen LogP contribution in [0.15, 0.2) is 38.6 Å². The molecule has 1 N–H and O–H groups in total. The summed E-state index contributed by atoms with van der Waals surface area (Å²) in [7, 11) is 0. The van der Waals surface area contributed by atoms with Gasteiger partial charge in [-0.05, 0) is 74.0 Å². The Morgan fingerprint density at radius 1 is 1.38 bits per heavy atom. The van der Waals surface area contributed by atoms with Gasteiger partial charge in [-0.1, -0.05) is 6.07 Å². The van der Waals surface area contributed by atoms with Crippen molar-refractivity contribution in [3.05, 3.63) is 49.0 Å². The number of aliphatic carboxylic acids is 1. The summed E-state index contributed by atoms with van der Waals surface area (Å²) in [5.41, 5.74) is 1.05. The summed E-state index contributed by atoms with van der Waals surface area (Å²) in [6.45, 7) is 2.47. The second-order valence-corrected chi connectivity index (χ2v) is 6.74. The standard InChI is InChI=1S/C15H12Br2O3S/c1-2-20-14-11(16)7-9(8-12(14)17)6-10(15(18)19)13-4-3-5-21-13/h3-8H,2H2,1H3,(H,18,19)/b10-6-. The van der Waals surface area contributed by atoms with Crippen molar-refractivity contribution in [1.82, 2.24) is 0 Å². The van der Waals surface area contributed by atoms with E-state index in [-0.39, 0.29) is 5.57 Å². The highest BCUT2D eigenvalue weighted by Crippen LogP contribution is 2.36. The molecule has 1 aromatic heterocycles. The van der Waals surface area contributed by atoms with Crippen LogP contribution in [0.25, 0.3) is 11.6 Å². The van der Waals surface area contributed by atoms with Crippen LogP contribution in [0.4, 0.5) is 0 Å². The third-order valence-electron chi connectivity index (χ3n) is 2.64. The smallest absolute Gasteiger partial charge is 0.337 e. The van der Waals surface area contributed by atoms with Gasteiger partial charge in [0.15, 0.2) is 0 Å². The van der Waals surface area contributed by atoms with Gasteiger partial charge in [-0.2, -0.15) is 0 Å². The number of thiophene rings is 1. The number of carbonyl (C=O) groups is 1. The number of hydrogen-bond acceptors (Lipinski definition) is 3. The zero-order valence-electron chi connectivity index (χ0n) is 11.1. The Bertz CT molecular complexity index is 655. The molecule has 1 heterocycles. The highest BCUT2D eigenvalue weighted by Gasteiger charge is 2.13. The molecule has 0 atom stereocenters. The fourth-order valence-electron chi connectivity index (χ4n) is 1.78. The molecule has 0 bridgehead atoms. The van der Waals surface area contributed by atoms with Crippen LogP contribution in [0.3, 0.4) is 0 Å². The van der Waals surface area contributed by atoms with E-state index in [9.17, 15) is 9.90 Å². The van der Waals surface area contributed by atoms with Crippen LogP contribution < -0.4 is 4.74 Å². The molecule has 0 radical (unpaired) electrons. The first-order valence-electron chi connectivity index (χ1n) is 6.13. The molecule has 0 spiro atoms. The van der Waals surface area contributed by atoms with E-state index >= 15 is 0 Å². The van der Waals surface area contributed by atoms with Crippen molar-refractivity contribution in [2.45, 2.75) is 6.92 Å². The average Bonchev–Trinajstić information content (AvgIpc) is 2.93. The number of carboxylic acid groups (broad SMARTS) is 1. The predicted octanol–water partition coefficient (Wildman–Crippen LogP) is 5.30. The van der Waals surface area contributed by atoms with Gasteiger partial charge in [-0.15, -0.1) is 11.3 Å². The molecule has 21 heavy (non-hydrogen) atoms. The summed E-state index contributed by atoms with van der Waals surface area (Å²) in [6, 6.07) is 7.31. The second-order valence-electron chi connectivity index (χ2n) is 4.09. The van der Waals surface area contributed by atoms with Gasteiger partial charge < -0.3 is 9.84 Å². The van der Waals surface area contributed by atoms with Gasteiger partial charge in [-0.25, -0.2) is 4.79 Å². The van der Waals surface area contributed by atoms with Crippen molar-refractivity contribution in [1.29, 1.82) is 0 Å². The Morgan fingerprint density at radius 3 is 2.52 bits per heavy atom. The quantitative estimate of drug-likeness (QED) is 0.653. The average molecular weight is 432 g/mol. The van der Waals surface area contributed by atoms with Crippen molar-refractivity contribution in [3.8, 4) is 5.75 Å². The lowest BCUT2D eigenvalue weighted by Crippen LogP contribution is -1.98. The number of benzene rings is 1. The zero-order chi connectivity index (χ0) is 15.4. The molecule has 3 nitrogen and oxygen atoms in total. The van der Waals surface area contributed by atoms with E-state index in [2.05, 4.69) is 31.9 Å². The highest BCUT2D eigenvalue weighted by atomic mass is 79.9. The number of hydrogen-bond donors (Lipinski definition) is 1. The van der Waals surface area contributed by atoms with E-state index in [0.717, 1.165) is 19.4 Å². The monoisotopic (exact) mass is 430 g/mol. The third kappa shape index (κ3) is 3.96. The molecule has 0 saturated carbocycles. The Kier molecular flexibility index (Phi) is 5.61. The summed E-state index contributed by atoms with van der Waals surface area (Å²) in [6.07, 6.45) is 1.65. The van der Waals surface area contributed by atoms with Crippen LogP contribution in [0.5, 0.6) is 5.75 Å². The van der Waals surface area contributed by atoms with Crippen LogP contribution in [-0.4, -0.2) is 17.7 Å². The number of carboxylic acids is 1. The van der Waals surface area contributed by atoms with Crippen LogP contribution in [0.1, 0.15) is 17.4 Å². The molecule has 2 aromatic rings. The fourth-order valence-corrected chi connectivity index (χ4v) is 3.97. The molecule has 0 saturated heterocycles. The minimum atomic E-state index is -0.946. The number of rotatable bonds is 5. The molecule has 0 unspecified atom stereocenters. The van der Waals surface area contributed by atoms with Gasteiger partial charge in [0.2, 0.25) is 0 Å². The van der Waals surface area contributed by atoms with E-state index in [4.69, 9.17) is 4.74 Å².